The van der Waals surface area contributed by atoms with Crippen molar-refractivity contribution in [1.82, 2.24) is 4.57 Å². The third-order valence-electron chi connectivity index (χ3n) is 6.17. The number of allylic oxidation sites excluding steroid dienone is 1. The second-order valence-corrected chi connectivity index (χ2v) is 12.0. The van der Waals surface area contributed by atoms with Crippen LogP contribution in [-0.4, -0.2) is 23.8 Å². The van der Waals surface area contributed by atoms with Gasteiger partial charge in [-0.2, -0.15) is 0 Å². The van der Waals surface area contributed by atoms with E-state index >= 15 is 0 Å². The average Bonchev–Trinajstić information content (AvgIpc) is 3.47. The number of halogens is 3. The first-order valence-corrected chi connectivity index (χ1v) is 14.6. The molecular weight excluding hydrogens is 639 g/mol. The van der Waals surface area contributed by atoms with Crippen molar-refractivity contribution >= 4 is 62.5 Å². The molecule has 40 heavy (non-hydrogen) atoms. The van der Waals surface area contributed by atoms with Crippen molar-refractivity contribution in [2.75, 3.05) is 7.11 Å². The maximum Gasteiger partial charge on any atom is 0.338 e. The van der Waals surface area contributed by atoms with Gasteiger partial charge in [-0.15, -0.1) is 0 Å². The summed E-state index contributed by atoms with van der Waals surface area (Å²) in [5.74, 6) is 0.959. The van der Waals surface area contributed by atoms with Gasteiger partial charge in [0.2, 0.25) is 0 Å². The number of ether oxygens (including phenoxy) is 2. The molecule has 11 heteroatoms. The highest BCUT2D eigenvalue weighted by molar-refractivity contribution is 9.10. The number of methoxy groups -OCH3 is 1. The molecular formula is C29H23BrCl2N2O5S. The molecule has 0 unspecified atom stereocenters. The van der Waals surface area contributed by atoms with Gasteiger partial charge in [0.1, 0.15) is 23.3 Å². The van der Waals surface area contributed by atoms with Crippen molar-refractivity contribution < 1.29 is 18.7 Å². The van der Waals surface area contributed by atoms with Crippen LogP contribution >= 0.6 is 50.5 Å². The van der Waals surface area contributed by atoms with Gasteiger partial charge in [0.25, 0.3) is 5.56 Å². The van der Waals surface area contributed by atoms with Crippen molar-refractivity contribution in [1.29, 1.82) is 0 Å². The number of carbonyl (C=O) groups is 1. The highest BCUT2D eigenvalue weighted by atomic mass is 79.9. The summed E-state index contributed by atoms with van der Waals surface area (Å²) in [6.07, 6.45) is 1.29. The van der Waals surface area contributed by atoms with Crippen LogP contribution in [0.2, 0.25) is 10.0 Å². The number of benzene rings is 2. The van der Waals surface area contributed by atoms with E-state index in [0.717, 1.165) is 4.47 Å². The zero-order valence-electron chi connectivity index (χ0n) is 21.8. The van der Waals surface area contributed by atoms with Crippen LogP contribution in [0.25, 0.3) is 17.4 Å². The zero-order valence-corrected chi connectivity index (χ0v) is 25.7. The number of fused-ring (bicyclic) bond motifs is 1. The zero-order chi connectivity index (χ0) is 28.7. The molecule has 1 aliphatic heterocycles. The minimum Gasteiger partial charge on any atom is -0.496 e. The van der Waals surface area contributed by atoms with Crippen LogP contribution in [0.3, 0.4) is 0 Å². The van der Waals surface area contributed by atoms with Gasteiger partial charge in [0.05, 0.1) is 34.0 Å². The van der Waals surface area contributed by atoms with Gasteiger partial charge in [0, 0.05) is 26.7 Å². The lowest BCUT2D eigenvalue weighted by molar-refractivity contribution is -0.143. The Hall–Kier alpha value is -3.11. The predicted molar refractivity (Wildman–Crippen MR) is 160 cm³/mol. The molecule has 0 bridgehead atoms. The topological polar surface area (TPSA) is 83.0 Å². The number of furan rings is 1. The van der Waals surface area contributed by atoms with E-state index in [4.69, 9.17) is 37.1 Å². The molecule has 2 aromatic heterocycles. The predicted octanol–water partition coefficient (Wildman–Crippen LogP) is 6.52. The molecule has 2 aromatic carbocycles. The second kappa shape index (κ2) is 11.4. The number of aromatic nitrogens is 1. The van der Waals surface area contributed by atoms with E-state index in [0.29, 0.717) is 53.5 Å². The van der Waals surface area contributed by atoms with Crippen molar-refractivity contribution in [3.8, 4) is 17.1 Å². The average molecular weight is 662 g/mol. The summed E-state index contributed by atoms with van der Waals surface area (Å²) in [5, 5.41) is 0.970. The second-order valence-electron chi connectivity index (χ2n) is 9.25. The van der Waals surface area contributed by atoms with Crippen LogP contribution < -0.4 is 19.6 Å². The number of hydrogen-bond acceptors (Lipinski definition) is 7. The van der Waals surface area contributed by atoms with E-state index in [9.17, 15) is 9.59 Å². The maximum absolute atomic E-state index is 13.9. The summed E-state index contributed by atoms with van der Waals surface area (Å²) in [6.45, 7) is 5.28. The third-order valence-corrected chi connectivity index (χ3v) is 8.19. The first-order valence-electron chi connectivity index (χ1n) is 12.2. The molecule has 0 aliphatic carbocycles. The van der Waals surface area contributed by atoms with E-state index in [1.807, 2.05) is 12.1 Å². The van der Waals surface area contributed by atoms with E-state index in [1.54, 1.807) is 70.4 Å². The van der Waals surface area contributed by atoms with Gasteiger partial charge in [-0.05, 0) is 69.3 Å². The Morgan fingerprint density at radius 2 is 1.95 bits per heavy atom. The Bertz CT molecular complexity index is 1850. The normalized spacial score (nSPS) is 15.3. The van der Waals surface area contributed by atoms with E-state index < -0.39 is 12.0 Å². The molecule has 0 amide bonds. The molecule has 0 saturated heterocycles. The molecule has 7 nitrogen and oxygen atoms in total. The summed E-state index contributed by atoms with van der Waals surface area (Å²) >= 11 is 17.1. The van der Waals surface area contributed by atoms with Gasteiger partial charge < -0.3 is 13.9 Å². The van der Waals surface area contributed by atoms with Gasteiger partial charge in [-0.25, -0.2) is 9.79 Å². The highest BCUT2D eigenvalue weighted by Gasteiger charge is 2.35. The van der Waals surface area contributed by atoms with Crippen molar-refractivity contribution in [2.24, 2.45) is 4.99 Å². The smallest absolute Gasteiger partial charge is 0.338 e. The third kappa shape index (κ3) is 5.43. The van der Waals surface area contributed by atoms with Crippen LogP contribution in [0.5, 0.6) is 5.75 Å². The lowest BCUT2D eigenvalue weighted by Gasteiger charge is -2.26. The number of nitrogens with zero attached hydrogens (tertiary/aromatic N) is 2. The van der Waals surface area contributed by atoms with Crippen LogP contribution in [0.4, 0.5) is 0 Å². The highest BCUT2D eigenvalue weighted by Crippen LogP contribution is 2.37. The molecule has 0 radical (unpaired) electrons. The van der Waals surface area contributed by atoms with Crippen molar-refractivity contribution in [3.05, 3.63) is 105 Å². The molecule has 4 aromatic rings. The number of rotatable bonds is 6. The standard InChI is InChI=1S/C29H23BrCl2N2O5S/c1-14(2)38-28(36)25-15(3)33-29-34(26(25)20-11-16(30)5-9-22(20)37-4)27(35)24(40-29)13-18-7-10-23(39-18)19-8-6-17(31)12-21(19)32/h5-14,26H,1-4H3/b24-13-/t26-/m1/s1. The van der Waals surface area contributed by atoms with E-state index in [-0.39, 0.29) is 17.2 Å². The minimum atomic E-state index is -0.822. The first-order chi connectivity index (χ1) is 19.1. The van der Waals surface area contributed by atoms with E-state index in [1.165, 1.54) is 15.9 Å². The monoisotopic (exact) mass is 660 g/mol. The first kappa shape index (κ1) is 28.4. The molecule has 0 saturated carbocycles. The molecule has 3 heterocycles. The Morgan fingerprint density at radius 3 is 2.65 bits per heavy atom. The van der Waals surface area contributed by atoms with Gasteiger partial charge in [-0.1, -0.05) is 50.5 Å². The molecule has 1 aliphatic rings. The Kier molecular flexibility index (Phi) is 8.10. The number of carbonyl (C=O) groups excluding carboxylic acids is 1. The largest absolute Gasteiger partial charge is 0.496 e. The molecule has 0 spiro atoms. The maximum atomic E-state index is 13.9. The number of esters is 1. The quantitative estimate of drug-likeness (QED) is 0.220. The van der Waals surface area contributed by atoms with Crippen LogP contribution in [0.15, 0.2) is 78.5 Å². The van der Waals surface area contributed by atoms with Gasteiger partial charge in [-0.3, -0.25) is 9.36 Å². The molecule has 206 valence electrons. The Balaban J connectivity index is 1.68. The summed E-state index contributed by atoms with van der Waals surface area (Å²) in [6, 6.07) is 13.3. The fourth-order valence-corrected chi connectivity index (χ4v) is 6.37. The number of hydrogen-bond donors (Lipinski definition) is 0. The summed E-state index contributed by atoms with van der Waals surface area (Å²) in [7, 11) is 1.54. The fraction of sp³-hybridized carbons (Fsp3) is 0.207. The molecule has 5 rings (SSSR count). The molecule has 1 atom stereocenters. The molecule has 0 N–H and O–H groups in total. The molecule has 0 fully saturated rings. The minimum absolute atomic E-state index is 0.265. The van der Waals surface area contributed by atoms with E-state index in [2.05, 4.69) is 20.9 Å². The lowest BCUT2D eigenvalue weighted by Crippen LogP contribution is -2.40. The van der Waals surface area contributed by atoms with Gasteiger partial charge >= 0.3 is 5.97 Å². The van der Waals surface area contributed by atoms with Crippen molar-refractivity contribution in [2.45, 2.75) is 32.9 Å². The summed E-state index contributed by atoms with van der Waals surface area (Å²) in [5.41, 5.74) is 1.69. The van der Waals surface area contributed by atoms with Crippen LogP contribution in [0, 0.1) is 0 Å². The summed E-state index contributed by atoms with van der Waals surface area (Å²) < 4.78 is 19.9. The fourth-order valence-electron chi connectivity index (χ4n) is 4.47. The Morgan fingerprint density at radius 1 is 1.18 bits per heavy atom. The van der Waals surface area contributed by atoms with Crippen molar-refractivity contribution in [3.63, 3.8) is 0 Å². The Labute approximate surface area is 252 Å². The van der Waals surface area contributed by atoms with Gasteiger partial charge in [0.15, 0.2) is 4.80 Å². The van der Waals surface area contributed by atoms with Crippen LogP contribution in [-0.2, 0) is 9.53 Å². The number of thiazole rings is 1. The summed E-state index contributed by atoms with van der Waals surface area (Å²) in [4.78, 5) is 32.3. The van der Waals surface area contributed by atoms with Crippen LogP contribution in [0.1, 0.15) is 38.1 Å². The lowest BCUT2D eigenvalue weighted by atomic mass is 9.95. The SMILES string of the molecule is COc1ccc(Br)cc1[C@@H]1C(C(=O)OC(C)C)=C(C)N=c2s/c(=C\c3ccc(-c4ccc(Cl)cc4Cl)o3)c(=O)n21.